The Morgan fingerprint density at radius 1 is 1.53 bits per heavy atom. The van der Waals surface area contributed by atoms with E-state index in [1.807, 2.05) is 13.8 Å². The summed E-state index contributed by atoms with van der Waals surface area (Å²) >= 11 is 0. The largest absolute Gasteiger partial charge is 0.364 e. The molecule has 3 atom stereocenters. The fraction of sp³-hybridized carbons (Fsp3) is 0.923. The van der Waals surface area contributed by atoms with Gasteiger partial charge in [-0.15, -0.1) is 0 Å². The quantitative estimate of drug-likeness (QED) is 0.741. The number of carbonyl (C=O) groups is 1. The van der Waals surface area contributed by atoms with E-state index in [9.17, 15) is 4.79 Å². The minimum atomic E-state index is -0.348. The molecule has 0 bridgehead atoms. The molecule has 4 heteroatoms. The monoisotopic (exact) mass is 242 g/mol. The highest BCUT2D eigenvalue weighted by atomic mass is 16.5. The minimum absolute atomic E-state index is 0.0107. The first-order valence-corrected chi connectivity index (χ1v) is 6.80. The fourth-order valence-electron chi connectivity index (χ4n) is 2.15. The number of nitrogens with one attached hydrogen (secondary N) is 2. The van der Waals surface area contributed by atoms with Crippen LogP contribution in [0.1, 0.15) is 46.5 Å². The van der Waals surface area contributed by atoms with Crippen molar-refractivity contribution in [1.82, 2.24) is 10.6 Å². The van der Waals surface area contributed by atoms with Gasteiger partial charge >= 0.3 is 0 Å². The Bertz CT molecular complexity index is 227. The molecular weight excluding hydrogens is 216 g/mol. The van der Waals surface area contributed by atoms with Crippen LogP contribution in [0.4, 0.5) is 0 Å². The molecule has 0 aliphatic carbocycles. The van der Waals surface area contributed by atoms with Crippen molar-refractivity contribution in [2.24, 2.45) is 0 Å². The number of ether oxygens (including phenoxy) is 1. The number of amides is 1. The summed E-state index contributed by atoms with van der Waals surface area (Å²) in [6.07, 6.45) is 4.12. The summed E-state index contributed by atoms with van der Waals surface area (Å²) in [6, 6.07) is 0.239. The standard InChI is InChI=1S/C13H26N2O2/c1-4-6-10(2)15-13(16)11(3)17-12-7-5-8-14-9-12/h10-12,14H,4-9H2,1-3H3,(H,15,16). The van der Waals surface area contributed by atoms with Crippen LogP contribution in [0.15, 0.2) is 0 Å². The summed E-state index contributed by atoms with van der Waals surface area (Å²) in [4.78, 5) is 11.8. The molecule has 1 amide bonds. The summed E-state index contributed by atoms with van der Waals surface area (Å²) in [5, 5.41) is 6.27. The molecule has 2 N–H and O–H groups in total. The van der Waals surface area contributed by atoms with Crippen LogP contribution in [-0.4, -0.2) is 37.2 Å². The zero-order valence-electron chi connectivity index (χ0n) is 11.3. The first kappa shape index (κ1) is 14.5. The molecule has 0 radical (unpaired) electrons. The van der Waals surface area contributed by atoms with Crippen LogP contribution < -0.4 is 10.6 Å². The second kappa shape index (κ2) is 7.67. The molecule has 3 unspecified atom stereocenters. The summed E-state index contributed by atoms with van der Waals surface area (Å²) in [5.41, 5.74) is 0. The third-order valence-electron chi connectivity index (χ3n) is 3.13. The van der Waals surface area contributed by atoms with E-state index in [4.69, 9.17) is 4.74 Å². The molecule has 1 heterocycles. The van der Waals surface area contributed by atoms with Crippen molar-refractivity contribution < 1.29 is 9.53 Å². The van der Waals surface area contributed by atoms with Crippen molar-refractivity contribution in [3.8, 4) is 0 Å². The Morgan fingerprint density at radius 2 is 2.29 bits per heavy atom. The van der Waals surface area contributed by atoms with Gasteiger partial charge < -0.3 is 15.4 Å². The number of piperidine rings is 1. The Kier molecular flexibility index (Phi) is 6.52. The van der Waals surface area contributed by atoms with Gasteiger partial charge in [0.25, 0.3) is 0 Å². The van der Waals surface area contributed by atoms with Crippen molar-refractivity contribution in [3.05, 3.63) is 0 Å². The van der Waals surface area contributed by atoms with Crippen LogP contribution in [0.5, 0.6) is 0 Å². The maximum atomic E-state index is 11.8. The first-order chi connectivity index (χ1) is 8.13. The van der Waals surface area contributed by atoms with E-state index >= 15 is 0 Å². The Balaban J connectivity index is 2.25. The highest BCUT2D eigenvalue weighted by molar-refractivity contribution is 5.80. The Hall–Kier alpha value is -0.610. The molecular formula is C13H26N2O2. The Morgan fingerprint density at radius 3 is 2.88 bits per heavy atom. The first-order valence-electron chi connectivity index (χ1n) is 6.80. The number of rotatable bonds is 6. The average molecular weight is 242 g/mol. The molecule has 1 rings (SSSR count). The number of carbonyl (C=O) groups excluding carboxylic acids is 1. The van der Waals surface area contributed by atoms with Crippen molar-refractivity contribution in [2.45, 2.75) is 64.7 Å². The van der Waals surface area contributed by atoms with Crippen molar-refractivity contribution >= 4 is 5.91 Å². The second-order valence-corrected chi connectivity index (χ2v) is 4.94. The summed E-state index contributed by atoms with van der Waals surface area (Å²) < 4.78 is 5.76. The summed E-state index contributed by atoms with van der Waals surface area (Å²) in [5.74, 6) is 0.0107. The zero-order valence-corrected chi connectivity index (χ0v) is 11.3. The van der Waals surface area contributed by atoms with Crippen LogP contribution in [0.2, 0.25) is 0 Å². The maximum Gasteiger partial charge on any atom is 0.249 e. The van der Waals surface area contributed by atoms with Gasteiger partial charge in [-0.2, -0.15) is 0 Å². The van der Waals surface area contributed by atoms with Gasteiger partial charge in [0.05, 0.1) is 6.10 Å². The van der Waals surface area contributed by atoms with Gasteiger partial charge in [-0.3, -0.25) is 4.79 Å². The topological polar surface area (TPSA) is 50.4 Å². The molecule has 1 aliphatic heterocycles. The van der Waals surface area contributed by atoms with Crippen LogP contribution in [0, 0.1) is 0 Å². The molecule has 0 aromatic carbocycles. The predicted molar refractivity (Wildman–Crippen MR) is 69.0 cm³/mol. The van der Waals surface area contributed by atoms with Gasteiger partial charge in [0.2, 0.25) is 5.91 Å². The second-order valence-electron chi connectivity index (χ2n) is 4.94. The van der Waals surface area contributed by atoms with Crippen LogP contribution in [-0.2, 0) is 9.53 Å². The average Bonchev–Trinajstić information content (AvgIpc) is 2.30. The van der Waals surface area contributed by atoms with E-state index in [0.29, 0.717) is 0 Å². The molecule has 1 aliphatic rings. The maximum absolute atomic E-state index is 11.8. The molecule has 0 aromatic heterocycles. The van der Waals surface area contributed by atoms with Crippen molar-refractivity contribution in [3.63, 3.8) is 0 Å². The Labute approximate surface area is 104 Å². The number of hydrogen-bond donors (Lipinski definition) is 2. The van der Waals surface area contributed by atoms with Gasteiger partial charge in [0.15, 0.2) is 0 Å². The van der Waals surface area contributed by atoms with Gasteiger partial charge in [-0.25, -0.2) is 0 Å². The lowest BCUT2D eigenvalue weighted by Crippen LogP contribution is -2.44. The molecule has 1 saturated heterocycles. The zero-order chi connectivity index (χ0) is 12.7. The molecule has 17 heavy (non-hydrogen) atoms. The van der Waals surface area contributed by atoms with E-state index in [1.54, 1.807) is 0 Å². The molecule has 0 saturated carbocycles. The molecule has 1 fully saturated rings. The van der Waals surface area contributed by atoms with Crippen molar-refractivity contribution in [1.29, 1.82) is 0 Å². The summed E-state index contributed by atoms with van der Waals surface area (Å²) in [7, 11) is 0. The predicted octanol–water partition coefficient (Wildman–Crippen LogP) is 1.45. The molecule has 4 nitrogen and oxygen atoms in total. The highest BCUT2D eigenvalue weighted by Crippen LogP contribution is 2.09. The van der Waals surface area contributed by atoms with Crippen LogP contribution in [0.3, 0.4) is 0 Å². The fourth-order valence-corrected chi connectivity index (χ4v) is 2.15. The van der Waals surface area contributed by atoms with Crippen molar-refractivity contribution in [2.75, 3.05) is 13.1 Å². The smallest absolute Gasteiger partial charge is 0.249 e. The highest BCUT2D eigenvalue weighted by Gasteiger charge is 2.21. The molecule has 100 valence electrons. The molecule has 0 spiro atoms. The van der Waals surface area contributed by atoms with Gasteiger partial charge in [-0.1, -0.05) is 13.3 Å². The SMILES string of the molecule is CCCC(C)NC(=O)C(C)OC1CCCNC1. The lowest BCUT2D eigenvalue weighted by atomic mass is 10.1. The van der Waals surface area contributed by atoms with Crippen LogP contribution in [0.25, 0.3) is 0 Å². The third kappa shape index (κ3) is 5.50. The van der Waals surface area contributed by atoms with E-state index in [1.165, 1.54) is 0 Å². The lowest BCUT2D eigenvalue weighted by molar-refractivity contribution is -0.136. The van der Waals surface area contributed by atoms with E-state index < -0.39 is 0 Å². The van der Waals surface area contributed by atoms with Gasteiger partial charge in [-0.05, 0) is 39.7 Å². The lowest BCUT2D eigenvalue weighted by Gasteiger charge is -2.26. The van der Waals surface area contributed by atoms with E-state index in [2.05, 4.69) is 17.6 Å². The van der Waals surface area contributed by atoms with Crippen LogP contribution >= 0.6 is 0 Å². The normalized spacial score (nSPS) is 24.1. The molecule has 0 aromatic rings. The summed E-state index contributed by atoms with van der Waals surface area (Å²) in [6.45, 7) is 7.92. The minimum Gasteiger partial charge on any atom is -0.364 e. The third-order valence-corrected chi connectivity index (χ3v) is 3.13. The number of hydrogen-bond acceptors (Lipinski definition) is 3. The van der Waals surface area contributed by atoms with E-state index in [0.717, 1.165) is 38.8 Å². The van der Waals surface area contributed by atoms with Gasteiger partial charge in [0, 0.05) is 12.6 Å². The van der Waals surface area contributed by atoms with Gasteiger partial charge in [0.1, 0.15) is 6.10 Å². The van der Waals surface area contributed by atoms with E-state index in [-0.39, 0.29) is 24.2 Å².